The summed E-state index contributed by atoms with van der Waals surface area (Å²) in [6, 6.07) is -0.100. The van der Waals surface area contributed by atoms with E-state index in [9.17, 15) is 4.79 Å². The minimum Gasteiger partial charge on any atom is -0.327 e. The summed E-state index contributed by atoms with van der Waals surface area (Å²) in [5, 5.41) is 3.78. The van der Waals surface area contributed by atoms with Gasteiger partial charge in [0.15, 0.2) is 5.78 Å². The molecule has 1 atom stereocenters. The number of carbonyl (C=O) groups excluding carboxylic acids is 1. The average molecular weight is 290 g/mol. The molecular formula is C11H16BrNOS. The van der Waals surface area contributed by atoms with Crippen LogP contribution in [0.1, 0.15) is 37.6 Å². The highest BCUT2D eigenvalue weighted by Crippen LogP contribution is 2.26. The van der Waals surface area contributed by atoms with Crippen molar-refractivity contribution in [2.75, 3.05) is 0 Å². The average Bonchev–Trinajstić information content (AvgIpc) is 2.49. The predicted molar refractivity (Wildman–Crippen MR) is 68.4 cm³/mol. The third-order valence-electron chi connectivity index (χ3n) is 2.43. The largest absolute Gasteiger partial charge is 0.327 e. The lowest BCUT2D eigenvalue weighted by molar-refractivity contribution is 0.0953. The monoisotopic (exact) mass is 289 g/mol. The molecule has 0 saturated carbocycles. The number of ketones is 1. The molecule has 0 saturated heterocycles. The first-order chi connectivity index (χ1) is 6.82. The molecule has 84 valence electrons. The zero-order valence-corrected chi connectivity index (χ0v) is 11.6. The Morgan fingerprint density at radius 1 is 1.53 bits per heavy atom. The van der Waals surface area contributed by atoms with Crippen LogP contribution in [0.4, 0.5) is 0 Å². The molecule has 0 aliphatic rings. The van der Waals surface area contributed by atoms with Gasteiger partial charge in [-0.05, 0) is 21.3 Å². The molecule has 1 rings (SSSR count). The Balaban J connectivity index is 2.69. The molecular weight excluding hydrogens is 274 g/mol. The number of hydrogen-bond acceptors (Lipinski definition) is 3. The van der Waals surface area contributed by atoms with Crippen LogP contribution in [0, 0.1) is 5.41 Å². The smallest absolute Gasteiger partial charge is 0.166 e. The molecule has 0 spiro atoms. The van der Waals surface area contributed by atoms with E-state index >= 15 is 0 Å². The second-order valence-corrected chi connectivity index (χ2v) is 6.33. The van der Waals surface area contributed by atoms with Crippen molar-refractivity contribution in [3.63, 3.8) is 0 Å². The lowest BCUT2D eigenvalue weighted by Gasteiger charge is -2.26. The van der Waals surface area contributed by atoms with Gasteiger partial charge in [-0.3, -0.25) is 4.79 Å². The van der Waals surface area contributed by atoms with Gasteiger partial charge in [-0.1, -0.05) is 20.8 Å². The number of nitrogens with two attached hydrogens (primary N) is 1. The molecule has 2 N–H and O–H groups in total. The van der Waals surface area contributed by atoms with Crippen molar-refractivity contribution in [1.82, 2.24) is 0 Å². The summed E-state index contributed by atoms with van der Waals surface area (Å²) in [6.45, 7) is 6.15. The van der Waals surface area contributed by atoms with E-state index in [1.54, 1.807) is 0 Å². The van der Waals surface area contributed by atoms with Crippen LogP contribution >= 0.6 is 27.3 Å². The Kier molecular flexibility index (Phi) is 4.09. The van der Waals surface area contributed by atoms with Gasteiger partial charge in [0, 0.05) is 33.3 Å². The molecule has 0 radical (unpaired) electrons. The highest BCUT2D eigenvalue weighted by Gasteiger charge is 2.24. The van der Waals surface area contributed by atoms with Gasteiger partial charge in [0.1, 0.15) is 0 Å². The van der Waals surface area contributed by atoms with Crippen LogP contribution in [0.5, 0.6) is 0 Å². The van der Waals surface area contributed by atoms with Crippen molar-refractivity contribution in [2.24, 2.45) is 11.1 Å². The Labute approximate surface area is 103 Å². The van der Waals surface area contributed by atoms with Gasteiger partial charge in [0.25, 0.3) is 0 Å². The van der Waals surface area contributed by atoms with Crippen LogP contribution in [-0.2, 0) is 0 Å². The molecule has 1 aromatic rings. The fraction of sp³-hybridized carbons (Fsp3) is 0.545. The van der Waals surface area contributed by atoms with Crippen molar-refractivity contribution in [2.45, 2.75) is 33.2 Å². The normalized spacial score (nSPS) is 13.9. The van der Waals surface area contributed by atoms with E-state index in [1.165, 1.54) is 11.3 Å². The third kappa shape index (κ3) is 3.40. The number of hydrogen-bond donors (Lipinski definition) is 1. The Bertz CT molecular complexity index is 354. The van der Waals surface area contributed by atoms with Crippen LogP contribution in [0.15, 0.2) is 15.2 Å². The zero-order valence-electron chi connectivity index (χ0n) is 9.21. The van der Waals surface area contributed by atoms with Crippen molar-refractivity contribution >= 4 is 33.0 Å². The topological polar surface area (TPSA) is 43.1 Å². The van der Waals surface area contributed by atoms with E-state index in [1.807, 2.05) is 31.5 Å². The fourth-order valence-electron chi connectivity index (χ4n) is 1.10. The summed E-state index contributed by atoms with van der Waals surface area (Å²) in [5.74, 6) is 0.116. The van der Waals surface area contributed by atoms with Crippen molar-refractivity contribution in [3.8, 4) is 0 Å². The molecule has 15 heavy (non-hydrogen) atoms. The third-order valence-corrected chi connectivity index (χ3v) is 4.14. The molecule has 1 aromatic heterocycles. The SMILES string of the molecule is CC(C)(C)C(N)CC(=O)c1cscc1Br. The number of carbonyl (C=O) groups is 1. The Hall–Kier alpha value is -0.190. The van der Waals surface area contributed by atoms with Gasteiger partial charge >= 0.3 is 0 Å². The second-order valence-electron chi connectivity index (χ2n) is 4.73. The molecule has 0 amide bonds. The van der Waals surface area contributed by atoms with E-state index < -0.39 is 0 Å². The number of Topliss-reactive ketones (excluding diaryl/α,β-unsaturated/α-hetero) is 1. The second kappa shape index (κ2) is 4.76. The highest BCUT2D eigenvalue weighted by molar-refractivity contribution is 9.10. The summed E-state index contributed by atoms with van der Waals surface area (Å²) >= 11 is 4.88. The quantitative estimate of drug-likeness (QED) is 0.866. The van der Waals surface area contributed by atoms with Gasteiger partial charge in [-0.25, -0.2) is 0 Å². The number of thiophene rings is 1. The Morgan fingerprint density at radius 3 is 2.53 bits per heavy atom. The number of rotatable bonds is 3. The molecule has 0 fully saturated rings. The van der Waals surface area contributed by atoms with Crippen molar-refractivity contribution in [1.29, 1.82) is 0 Å². The van der Waals surface area contributed by atoms with Crippen LogP contribution in [0.25, 0.3) is 0 Å². The zero-order chi connectivity index (χ0) is 11.6. The summed E-state index contributed by atoms with van der Waals surface area (Å²) in [7, 11) is 0. The van der Waals surface area contributed by atoms with Crippen LogP contribution in [0.2, 0.25) is 0 Å². The summed E-state index contributed by atoms with van der Waals surface area (Å²) in [4.78, 5) is 11.9. The first-order valence-electron chi connectivity index (χ1n) is 4.83. The molecule has 0 aromatic carbocycles. The van der Waals surface area contributed by atoms with Gasteiger partial charge in [-0.15, -0.1) is 0 Å². The van der Waals surface area contributed by atoms with Gasteiger partial charge in [-0.2, -0.15) is 11.3 Å². The first-order valence-corrected chi connectivity index (χ1v) is 6.56. The maximum atomic E-state index is 11.9. The van der Waals surface area contributed by atoms with Crippen molar-refractivity contribution < 1.29 is 4.79 Å². The van der Waals surface area contributed by atoms with Crippen LogP contribution in [0.3, 0.4) is 0 Å². The van der Waals surface area contributed by atoms with Gasteiger partial charge in [0.2, 0.25) is 0 Å². The number of halogens is 1. The maximum absolute atomic E-state index is 11.9. The van der Waals surface area contributed by atoms with Crippen molar-refractivity contribution in [3.05, 3.63) is 20.8 Å². The van der Waals surface area contributed by atoms with E-state index in [2.05, 4.69) is 15.9 Å². The fourth-order valence-corrected chi connectivity index (χ4v) is 2.62. The van der Waals surface area contributed by atoms with E-state index in [4.69, 9.17) is 5.73 Å². The summed E-state index contributed by atoms with van der Waals surface area (Å²) < 4.78 is 0.874. The lowest BCUT2D eigenvalue weighted by atomic mass is 9.84. The standard InChI is InChI=1S/C11H16BrNOS/c1-11(2,3)10(13)4-9(14)7-5-15-6-8(7)12/h5-6,10H,4,13H2,1-3H3. The summed E-state index contributed by atoms with van der Waals surface area (Å²) in [5.41, 5.74) is 6.70. The molecule has 0 aliphatic carbocycles. The van der Waals surface area contributed by atoms with Crippen LogP contribution in [-0.4, -0.2) is 11.8 Å². The first kappa shape index (κ1) is 12.9. The predicted octanol–water partition coefficient (Wildman–Crippen LogP) is 3.46. The molecule has 4 heteroatoms. The van der Waals surface area contributed by atoms with Crippen LogP contribution < -0.4 is 5.73 Å². The van der Waals surface area contributed by atoms with Gasteiger partial charge in [0.05, 0.1) is 0 Å². The molecule has 0 aliphatic heterocycles. The minimum absolute atomic E-state index is 0.0296. The molecule has 0 bridgehead atoms. The molecule has 2 nitrogen and oxygen atoms in total. The summed E-state index contributed by atoms with van der Waals surface area (Å²) in [6.07, 6.45) is 0.402. The molecule has 1 heterocycles. The van der Waals surface area contributed by atoms with E-state index in [0.717, 1.165) is 10.0 Å². The highest BCUT2D eigenvalue weighted by atomic mass is 79.9. The lowest BCUT2D eigenvalue weighted by Crippen LogP contribution is -2.36. The minimum atomic E-state index is -0.100. The van der Waals surface area contributed by atoms with Gasteiger partial charge < -0.3 is 5.73 Å². The van der Waals surface area contributed by atoms with E-state index in [-0.39, 0.29) is 17.2 Å². The van der Waals surface area contributed by atoms with E-state index in [0.29, 0.717) is 6.42 Å². The maximum Gasteiger partial charge on any atom is 0.166 e. The Morgan fingerprint density at radius 2 is 2.13 bits per heavy atom. The molecule has 1 unspecified atom stereocenters.